The highest BCUT2D eigenvalue weighted by Crippen LogP contribution is 2.40. The molecule has 0 atom stereocenters. The summed E-state index contributed by atoms with van der Waals surface area (Å²) in [6, 6.07) is 5.30. The maximum atomic E-state index is 13.3. The minimum absolute atomic E-state index is 0.0933. The van der Waals surface area contributed by atoms with Crippen LogP contribution in [-0.4, -0.2) is 9.97 Å². The van der Waals surface area contributed by atoms with Crippen molar-refractivity contribution in [1.29, 1.82) is 0 Å². The van der Waals surface area contributed by atoms with E-state index < -0.39 is 22.6 Å². The molecule has 8 heteroatoms. The smallest absolute Gasteiger partial charge is 0.349 e. The molecule has 0 saturated heterocycles. The van der Waals surface area contributed by atoms with E-state index in [2.05, 4.69) is 10.3 Å². The number of pyridine rings is 1. The molecule has 0 aliphatic carbocycles. The van der Waals surface area contributed by atoms with Crippen molar-refractivity contribution < 1.29 is 17.6 Å². The molecule has 0 fully saturated rings. The van der Waals surface area contributed by atoms with E-state index in [0.29, 0.717) is 6.07 Å². The van der Waals surface area contributed by atoms with Crippen molar-refractivity contribution in [3.8, 4) is 0 Å². The van der Waals surface area contributed by atoms with Crippen molar-refractivity contribution in [2.45, 2.75) is 12.6 Å². The van der Waals surface area contributed by atoms with Crippen LogP contribution in [0.3, 0.4) is 0 Å². The van der Waals surface area contributed by atoms with Crippen LogP contribution in [0, 0.1) is 5.82 Å². The summed E-state index contributed by atoms with van der Waals surface area (Å²) in [5, 5.41) is 1.85. The van der Waals surface area contributed by atoms with Crippen LogP contribution in [0.1, 0.15) is 11.1 Å². The molecule has 1 heterocycles. The average molecular weight is 349 g/mol. The van der Waals surface area contributed by atoms with E-state index in [-0.39, 0.29) is 17.1 Å². The van der Waals surface area contributed by atoms with Crippen LogP contribution in [0.2, 0.25) is 5.02 Å². The molecule has 2 nitrogen and oxygen atoms in total. The summed E-state index contributed by atoms with van der Waals surface area (Å²) in [5.41, 5.74) is -0.818. The minimum atomic E-state index is -4.89. The highest BCUT2D eigenvalue weighted by Gasteiger charge is 2.37. The van der Waals surface area contributed by atoms with E-state index in [1.165, 1.54) is 0 Å². The molecule has 1 aromatic carbocycles. The third-order valence-corrected chi connectivity index (χ3v) is 3.38. The van der Waals surface area contributed by atoms with Gasteiger partial charge < -0.3 is 5.32 Å². The van der Waals surface area contributed by atoms with Gasteiger partial charge in [0.05, 0.1) is 15.7 Å². The summed E-state index contributed by atoms with van der Waals surface area (Å²) in [6.07, 6.45) is -1.43. The standard InChI is InChI=1S/C14H9ClF4N2S/c15-13-10(4-3-9(16)12(13)14(17,18)19)21-11(22)6-8-2-1-5-20-7-8/h1-5,7H,6H2,(H,21,22). The molecule has 1 aromatic heterocycles. The molecule has 0 bridgehead atoms. The van der Waals surface area contributed by atoms with Gasteiger partial charge in [0.25, 0.3) is 0 Å². The second kappa shape index (κ2) is 6.58. The molecular formula is C14H9ClF4N2S. The first-order chi connectivity index (χ1) is 10.3. The lowest BCUT2D eigenvalue weighted by molar-refractivity contribution is -0.139. The van der Waals surface area contributed by atoms with E-state index >= 15 is 0 Å². The Bertz CT molecular complexity index is 689. The fraction of sp³-hybridized carbons (Fsp3) is 0.143. The second-order valence-corrected chi connectivity index (χ2v) is 5.24. The monoisotopic (exact) mass is 348 g/mol. The van der Waals surface area contributed by atoms with Crippen molar-refractivity contribution in [1.82, 2.24) is 4.98 Å². The average Bonchev–Trinajstić information content (AvgIpc) is 2.42. The summed E-state index contributed by atoms with van der Waals surface area (Å²) >= 11 is 10.7. The number of nitrogens with zero attached hydrogens (tertiary/aromatic N) is 1. The Morgan fingerprint density at radius 2 is 2.00 bits per heavy atom. The van der Waals surface area contributed by atoms with Gasteiger partial charge in [-0.2, -0.15) is 13.2 Å². The predicted octanol–water partition coefficient (Wildman–Crippen LogP) is 4.87. The lowest BCUT2D eigenvalue weighted by Gasteiger charge is -2.15. The zero-order valence-electron chi connectivity index (χ0n) is 10.9. The fourth-order valence-electron chi connectivity index (χ4n) is 1.79. The quantitative estimate of drug-likeness (QED) is 0.632. The molecule has 2 rings (SSSR count). The van der Waals surface area contributed by atoms with E-state index in [4.69, 9.17) is 23.8 Å². The lowest BCUT2D eigenvalue weighted by atomic mass is 10.1. The largest absolute Gasteiger partial charge is 0.420 e. The van der Waals surface area contributed by atoms with Crippen LogP contribution in [0.4, 0.5) is 23.2 Å². The molecule has 0 unspecified atom stereocenters. The highest BCUT2D eigenvalue weighted by atomic mass is 35.5. The third kappa shape index (κ3) is 3.92. The number of benzene rings is 1. The molecule has 0 saturated carbocycles. The topological polar surface area (TPSA) is 24.9 Å². The van der Waals surface area contributed by atoms with Gasteiger partial charge in [0, 0.05) is 18.8 Å². The van der Waals surface area contributed by atoms with E-state index in [1.54, 1.807) is 24.5 Å². The third-order valence-electron chi connectivity index (χ3n) is 2.74. The number of thiocarbonyl (C=S) groups is 1. The molecule has 22 heavy (non-hydrogen) atoms. The number of aromatic nitrogens is 1. The molecule has 0 amide bonds. The highest BCUT2D eigenvalue weighted by molar-refractivity contribution is 7.80. The summed E-state index contributed by atoms with van der Waals surface area (Å²) < 4.78 is 51.7. The predicted molar refractivity (Wildman–Crippen MR) is 80.6 cm³/mol. The van der Waals surface area contributed by atoms with Crippen molar-refractivity contribution >= 4 is 34.5 Å². The normalized spacial score (nSPS) is 11.3. The van der Waals surface area contributed by atoms with Gasteiger partial charge in [-0.15, -0.1) is 0 Å². The van der Waals surface area contributed by atoms with Crippen LogP contribution in [0.5, 0.6) is 0 Å². The van der Waals surface area contributed by atoms with Crippen molar-refractivity contribution in [3.05, 3.63) is 58.6 Å². The number of halogens is 5. The van der Waals surface area contributed by atoms with E-state index in [1.807, 2.05) is 0 Å². The minimum Gasteiger partial charge on any atom is -0.349 e. The van der Waals surface area contributed by atoms with Crippen LogP contribution in [0.15, 0.2) is 36.7 Å². The Balaban J connectivity index is 2.22. The first kappa shape index (κ1) is 16.6. The number of anilines is 1. The summed E-state index contributed by atoms with van der Waals surface area (Å²) in [6.45, 7) is 0. The van der Waals surface area contributed by atoms with Crippen LogP contribution < -0.4 is 5.32 Å². The van der Waals surface area contributed by atoms with Crippen LogP contribution in [-0.2, 0) is 12.6 Å². The van der Waals surface area contributed by atoms with Gasteiger partial charge in [-0.05, 0) is 23.8 Å². The van der Waals surface area contributed by atoms with Gasteiger partial charge in [0.2, 0.25) is 0 Å². The van der Waals surface area contributed by atoms with E-state index in [9.17, 15) is 17.6 Å². The second-order valence-electron chi connectivity index (χ2n) is 4.37. The maximum Gasteiger partial charge on any atom is 0.420 e. The van der Waals surface area contributed by atoms with E-state index in [0.717, 1.165) is 11.6 Å². The van der Waals surface area contributed by atoms with Crippen LogP contribution >= 0.6 is 23.8 Å². The van der Waals surface area contributed by atoms with Gasteiger partial charge in [-0.25, -0.2) is 4.39 Å². The Morgan fingerprint density at radius 3 is 2.59 bits per heavy atom. The Morgan fingerprint density at radius 1 is 1.27 bits per heavy atom. The summed E-state index contributed by atoms with van der Waals surface area (Å²) in [7, 11) is 0. The zero-order chi connectivity index (χ0) is 16.3. The number of rotatable bonds is 3. The SMILES string of the molecule is Fc1ccc(NC(=S)Cc2cccnc2)c(Cl)c1C(F)(F)F. The Hall–Kier alpha value is -1.73. The molecule has 1 N–H and O–H groups in total. The first-order valence-electron chi connectivity index (χ1n) is 6.03. The molecule has 0 aliphatic rings. The molecule has 0 spiro atoms. The van der Waals surface area contributed by atoms with Crippen LogP contribution in [0.25, 0.3) is 0 Å². The lowest BCUT2D eigenvalue weighted by Crippen LogP contribution is -2.15. The first-order valence-corrected chi connectivity index (χ1v) is 6.81. The number of hydrogen-bond donors (Lipinski definition) is 1. The van der Waals surface area contributed by atoms with Gasteiger partial charge in [-0.3, -0.25) is 4.98 Å². The van der Waals surface area contributed by atoms with Crippen molar-refractivity contribution in [2.75, 3.05) is 5.32 Å². The number of nitrogens with one attached hydrogen (secondary N) is 1. The maximum absolute atomic E-state index is 13.3. The summed E-state index contributed by atoms with van der Waals surface area (Å²) in [5.74, 6) is -1.43. The van der Waals surface area contributed by atoms with Gasteiger partial charge in [-0.1, -0.05) is 29.9 Å². The van der Waals surface area contributed by atoms with Gasteiger partial charge >= 0.3 is 6.18 Å². The Kier molecular flexibility index (Phi) is 4.97. The van der Waals surface area contributed by atoms with Gasteiger partial charge in [0.1, 0.15) is 11.4 Å². The molecule has 2 aromatic rings. The van der Waals surface area contributed by atoms with Gasteiger partial charge in [0.15, 0.2) is 0 Å². The molecule has 0 radical (unpaired) electrons. The molecule has 0 aliphatic heterocycles. The van der Waals surface area contributed by atoms with Crippen molar-refractivity contribution in [3.63, 3.8) is 0 Å². The Labute approximate surface area is 134 Å². The molecular weight excluding hydrogens is 340 g/mol. The fourth-order valence-corrected chi connectivity index (χ4v) is 2.38. The number of hydrogen-bond acceptors (Lipinski definition) is 2. The summed E-state index contributed by atoms with van der Waals surface area (Å²) in [4.78, 5) is 4.15. The zero-order valence-corrected chi connectivity index (χ0v) is 12.5. The number of alkyl halides is 3. The van der Waals surface area contributed by atoms with Crippen molar-refractivity contribution in [2.24, 2.45) is 0 Å². The molecule has 116 valence electrons.